The molecule has 5 rings (SSSR count). The van der Waals surface area contributed by atoms with Crippen LogP contribution in [0, 0.1) is 0 Å². The van der Waals surface area contributed by atoms with Gasteiger partial charge in [0, 0.05) is 32.7 Å². The zero-order valence-electron chi connectivity index (χ0n) is 20.3. The second kappa shape index (κ2) is 10.2. The highest BCUT2D eigenvalue weighted by Gasteiger charge is 2.34. The van der Waals surface area contributed by atoms with E-state index in [1.54, 1.807) is 45.6 Å². The monoisotopic (exact) mass is 482 g/mol. The fraction of sp³-hybridized carbons (Fsp3) is 0.423. The van der Waals surface area contributed by atoms with E-state index >= 15 is 0 Å². The number of benzene rings is 2. The molecule has 35 heavy (non-hydrogen) atoms. The number of ketones is 1. The van der Waals surface area contributed by atoms with Gasteiger partial charge in [0.15, 0.2) is 17.3 Å². The summed E-state index contributed by atoms with van der Waals surface area (Å²) in [7, 11) is 4.66. The van der Waals surface area contributed by atoms with Crippen molar-refractivity contribution < 1.29 is 33.2 Å². The summed E-state index contributed by atoms with van der Waals surface area (Å²) in [6, 6.07) is 7.19. The van der Waals surface area contributed by atoms with Crippen molar-refractivity contribution in [1.29, 1.82) is 0 Å². The van der Waals surface area contributed by atoms with Gasteiger partial charge < -0.3 is 28.4 Å². The van der Waals surface area contributed by atoms with Gasteiger partial charge in [-0.3, -0.25) is 14.6 Å². The molecular weight excluding hydrogens is 452 g/mol. The Morgan fingerprint density at radius 1 is 0.971 bits per heavy atom. The van der Waals surface area contributed by atoms with Gasteiger partial charge in [0.1, 0.15) is 18.2 Å². The molecule has 0 aromatic heterocycles. The van der Waals surface area contributed by atoms with Crippen molar-refractivity contribution in [2.45, 2.75) is 6.54 Å². The summed E-state index contributed by atoms with van der Waals surface area (Å²) in [6.07, 6.45) is 1.69. The molecule has 0 aliphatic carbocycles. The van der Waals surface area contributed by atoms with Crippen LogP contribution in [0.25, 0.3) is 6.08 Å². The molecule has 0 bridgehead atoms. The topological polar surface area (TPSA) is 78.9 Å². The average Bonchev–Trinajstić information content (AvgIpc) is 3.22. The van der Waals surface area contributed by atoms with Crippen LogP contribution in [0.15, 0.2) is 30.0 Å². The number of allylic oxidation sites excluding steroid dienone is 1. The summed E-state index contributed by atoms with van der Waals surface area (Å²) < 4.78 is 33.8. The van der Waals surface area contributed by atoms with E-state index in [1.807, 2.05) is 6.07 Å². The van der Waals surface area contributed by atoms with Crippen LogP contribution < -0.4 is 23.7 Å². The molecule has 2 aromatic rings. The Morgan fingerprint density at radius 3 is 2.37 bits per heavy atom. The Kier molecular flexibility index (Phi) is 6.81. The Balaban J connectivity index is 1.37. The summed E-state index contributed by atoms with van der Waals surface area (Å²) in [6.45, 7) is 6.45. The lowest BCUT2D eigenvalue weighted by Crippen LogP contribution is -2.43. The number of Topliss-reactive ketones (excluding diaryl/α,β-unsaturated/α-hetero) is 1. The predicted octanol–water partition coefficient (Wildman–Crippen LogP) is 2.81. The molecule has 186 valence electrons. The van der Waals surface area contributed by atoms with Crippen molar-refractivity contribution in [1.82, 2.24) is 9.80 Å². The average molecular weight is 483 g/mol. The number of fused-ring (bicyclic) bond motifs is 3. The molecular formula is C26H30N2O7. The Hall–Kier alpha value is -3.27. The van der Waals surface area contributed by atoms with E-state index in [9.17, 15) is 4.79 Å². The molecule has 0 atom stereocenters. The minimum absolute atomic E-state index is 0.165. The van der Waals surface area contributed by atoms with Crippen LogP contribution in [0.4, 0.5) is 0 Å². The number of carbonyl (C=O) groups is 1. The fourth-order valence-electron chi connectivity index (χ4n) is 4.59. The zero-order valence-corrected chi connectivity index (χ0v) is 20.3. The van der Waals surface area contributed by atoms with Crippen LogP contribution in [0.3, 0.4) is 0 Å². The first-order valence-electron chi connectivity index (χ1n) is 11.7. The summed E-state index contributed by atoms with van der Waals surface area (Å²) >= 11 is 0. The third-order valence-electron chi connectivity index (χ3n) is 6.50. The third kappa shape index (κ3) is 4.67. The van der Waals surface area contributed by atoms with Crippen LogP contribution in [0.5, 0.6) is 28.7 Å². The van der Waals surface area contributed by atoms with Crippen molar-refractivity contribution in [2.24, 2.45) is 0 Å². The van der Waals surface area contributed by atoms with Gasteiger partial charge in [-0.15, -0.1) is 0 Å². The molecule has 2 aromatic carbocycles. The maximum Gasteiger partial charge on any atom is 0.231 e. The van der Waals surface area contributed by atoms with Gasteiger partial charge >= 0.3 is 0 Å². The summed E-state index contributed by atoms with van der Waals surface area (Å²) in [4.78, 5) is 17.8. The maximum atomic E-state index is 13.2. The maximum absolute atomic E-state index is 13.2. The molecule has 3 aliphatic heterocycles. The van der Waals surface area contributed by atoms with Crippen LogP contribution in [-0.2, 0) is 11.3 Å². The first-order valence-corrected chi connectivity index (χ1v) is 11.7. The minimum atomic E-state index is -0.165. The number of rotatable bonds is 7. The summed E-state index contributed by atoms with van der Waals surface area (Å²) in [5.41, 5.74) is 2.14. The van der Waals surface area contributed by atoms with Gasteiger partial charge in [-0.1, -0.05) is 0 Å². The summed E-state index contributed by atoms with van der Waals surface area (Å²) in [5, 5.41) is 0. The van der Waals surface area contributed by atoms with Gasteiger partial charge in [-0.05, 0) is 35.9 Å². The number of carbonyl (C=O) groups excluding carboxylic acids is 1. The van der Waals surface area contributed by atoms with Crippen LogP contribution >= 0.6 is 0 Å². The first-order chi connectivity index (χ1) is 17.1. The van der Waals surface area contributed by atoms with Gasteiger partial charge in [-0.2, -0.15) is 0 Å². The third-order valence-corrected chi connectivity index (χ3v) is 6.50. The smallest absolute Gasteiger partial charge is 0.231 e. The van der Waals surface area contributed by atoms with E-state index in [2.05, 4.69) is 9.80 Å². The second-order valence-corrected chi connectivity index (χ2v) is 8.60. The first kappa shape index (κ1) is 23.5. The Labute approximate surface area is 204 Å². The molecule has 0 amide bonds. The molecule has 1 fully saturated rings. The van der Waals surface area contributed by atoms with Crippen LogP contribution in [-0.4, -0.2) is 83.0 Å². The molecule has 0 spiro atoms. The van der Waals surface area contributed by atoms with E-state index in [4.69, 9.17) is 28.4 Å². The van der Waals surface area contributed by atoms with E-state index in [0.717, 1.165) is 50.7 Å². The highest BCUT2D eigenvalue weighted by atomic mass is 16.5. The van der Waals surface area contributed by atoms with Crippen molar-refractivity contribution in [3.63, 3.8) is 0 Å². The van der Waals surface area contributed by atoms with E-state index < -0.39 is 0 Å². The van der Waals surface area contributed by atoms with Gasteiger partial charge in [0.05, 0.1) is 45.7 Å². The molecule has 0 radical (unpaired) electrons. The Morgan fingerprint density at radius 2 is 1.69 bits per heavy atom. The van der Waals surface area contributed by atoms with Gasteiger partial charge in [0.2, 0.25) is 11.5 Å². The normalized spacial score (nSPS) is 19.1. The fourth-order valence-corrected chi connectivity index (χ4v) is 4.59. The van der Waals surface area contributed by atoms with Crippen molar-refractivity contribution in [2.75, 3.05) is 67.5 Å². The van der Waals surface area contributed by atoms with E-state index in [1.165, 1.54) is 0 Å². The molecule has 3 heterocycles. The molecule has 1 saturated heterocycles. The Bertz CT molecular complexity index is 1120. The number of methoxy groups -OCH3 is 3. The molecule has 0 unspecified atom stereocenters. The van der Waals surface area contributed by atoms with E-state index in [-0.39, 0.29) is 11.5 Å². The number of nitrogens with zero attached hydrogens (tertiary/aromatic N) is 2. The van der Waals surface area contributed by atoms with Crippen molar-refractivity contribution in [3.05, 3.63) is 46.7 Å². The van der Waals surface area contributed by atoms with Crippen molar-refractivity contribution in [3.8, 4) is 28.7 Å². The number of morpholine rings is 1. The number of hydrogen-bond donors (Lipinski definition) is 0. The lowest BCUT2D eigenvalue weighted by atomic mass is 10.0. The number of ether oxygens (including phenoxy) is 6. The quantitative estimate of drug-likeness (QED) is 0.554. The second-order valence-electron chi connectivity index (χ2n) is 8.60. The lowest BCUT2D eigenvalue weighted by Gasteiger charge is -2.33. The van der Waals surface area contributed by atoms with E-state index in [0.29, 0.717) is 47.4 Å². The van der Waals surface area contributed by atoms with Crippen LogP contribution in [0.2, 0.25) is 0 Å². The zero-order chi connectivity index (χ0) is 24.4. The van der Waals surface area contributed by atoms with Crippen LogP contribution in [0.1, 0.15) is 21.5 Å². The van der Waals surface area contributed by atoms with Gasteiger partial charge in [-0.25, -0.2) is 0 Å². The minimum Gasteiger partial charge on any atom is -0.493 e. The molecule has 3 aliphatic rings. The van der Waals surface area contributed by atoms with Crippen molar-refractivity contribution >= 4 is 11.9 Å². The highest BCUT2D eigenvalue weighted by molar-refractivity contribution is 6.15. The number of hydrogen-bond acceptors (Lipinski definition) is 9. The van der Waals surface area contributed by atoms with Gasteiger partial charge in [0.25, 0.3) is 0 Å². The molecule has 0 N–H and O–H groups in total. The SMILES string of the molecule is COc1cc(/C=C2\Oc3c(ccc4c3CN(CCN3CCOCC3)CO4)C2=O)cc(OC)c1OC. The predicted molar refractivity (Wildman–Crippen MR) is 129 cm³/mol. The highest BCUT2D eigenvalue weighted by Crippen LogP contribution is 2.43. The largest absolute Gasteiger partial charge is 0.493 e. The lowest BCUT2D eigenvalue weighted by molar-refractivity contribution is 0.0239. The molecule has 0 saturated carbocycles. The molecule has 9 nitrogen and oxygen atoms in total. The summed E-state index contributed by atoms with van der Waals surface area (Å²) in [5.74, 6) is 2.90. The molecule has 9 heteroatoms. The standard InChI is InChI=1S/C26H30N2O7/c1-30-22-13-17(14-23(31-2)26(22)32-3)12-21-24(29)18-4-5-20-19(25(18)35-21)15-28(16-34-20)7-6-27-8-10-33-11-9-27/h4-5,12-14H,6-11,15-16H2,1-3H3/b21-12-.